The first kappa shape index (κ1) is 12.9. The van der Waals surface area contributed by atoms with Crippen molar-refractivity contribution in [3.8, 4) is 0 Å². The van der Waals surface area contributed by atoms with Gasteiger partial charge in [-0.05, 0) is 6.42 Å². The molecule has 1 aliphatic rings. The number of hydrogen-bond donors (Lipinski definition) is 3. The molecule has 0 aliphatic carbocycles. The minimum Gasteiger partial charge on any atom is -0.480 e. The number of nitrogens with zero attached hydrogens (tertiary/aromatic N) is 1. The lowest BCUT2D eigenvalue weighted by molar-refractivity contribution is -0.147. The normalized spacial score (nSPS) is 20.1. The van der Waals surface area contributed by atoms with E-state index in [4.69, 9.17) is 5.11 Å². The van der Waals surface area contributed by atoms with Gasteiger partial charge in [-0.25, -0.2) is 4.79 Å². The lowest BCUT2D eigenvalue weighted by Gasteiger charge is -2.28. The lowest BCUT2D eigenvalue weighted by Crippen LogP contribution is -2.55. The van der Waals surface area contributed by atoms with Gasteiger partial charge >= 0.3 is 12.0 Å². The summed E-state index contributed by atoms with van der Waals surface area (Å²) in [7, 11) is 1.34. The fraction of sp³-hybridized carbons (Fsp3) is 0.556. The molecule has 1 atom stereocenters. The summed E-state index contributed by atoms with van der Waals surface area (Å²) in [6.45, 7) is -0.526. The van der Waals surface area contributed by atoms with Gasteiger partial charge in [-0.3, -0.25) is 19.3 Å². The molecule has 0 bridgehead atoms. The maximum absolute atomic E-state index is 11.6. The number of piperidine rings is 1. The van der Waals surface area contributed by atoms with Gasteiger partial charge in [-0.15, -0.1) is 0 Å². The zero-order valence-electron chi connectivity index (χ0n) is 9.23. The molecule has 0 spiro atoms. The minimum atomic E-state index is -1.18. The molecule has 1 saturated heterocycles. The summed E-state index contributed by atoms with van der Waals surface area (Å²) in [5.74, 6) is -1.96. The Morgan fingerprint density at radius 1 is 1.47 bits per heavy atom. The van der Waals surface area contributed by atoms with Crippen molar-refractivity contribution < 1.29 is 24.3 Å². The molecule has 0 aromatic heterocycles. The average Bonchev–Trinajstić information content (AvgIpc) is 2.27. The second kappa shape index (κ2) is 5.28. The number of nitrogens with one attached hydrogen (secondary N) is 2. The van der Waals surface area contributed by atoms with Crippen LogP contribution in [0.15, 0.2) is 0 Å². The van der Waals surface area contributed by atoms with Gasteiger partial charge in [0.25, 0.3) is 5.91 Å². The van der Waals surface area contributed by atoms with E-state index in [9.17, 15) is 19.2 Å². The number of rotatable bonds is 3. The van der Waals surface area contributed by atoms with E-state index < -0.39 is 30.5 Å². The molecule has 0 saturated carbocycles. The van der Waals surface area contributed by atoms with Crippen molar-refractivity contribution in [1.82, 2.24) is 15.5 Å². The molecule has 94 valence electrons. The van der Waals surface area contributed by atoms with E-state index in [2.05, 4.69) is 10.6 Å². The highest BCUT2D eigenvalue weighted by Crippen LogP contribution is 2.10. The summed E-state index contributed by atoms with van der Waals surface area (Å²) in [4.78, 5) is 45.1. The van der Waals surface area contributed by atoms with Crippen LogP contribution in [0, 0.1) is 0 Å². The van der Waals surface area contributed by atoms with E-state index in [0.717, 1.165) is 4.90 Å². The number of imide groups is 1. The van der Waals surface area contributed by atoms with Crippen molar-refractivity contribution in [2.45, 2.75) is 18.9 Å². The van der Waals surface area contributed by atoms with Gasteiger partial charge in [-0.2, -0.15) is 0 Å². The Kier molecular flexibility index (Phi) is 4.02. The number of aliphatic carboxylic acids is 1. The predicted molar refractivity (Wildman–Crippen MR) is 55.0 cm³/mol. The summed E-state index contributed by atoms with van der Waals surface area (Å²) in [5, 5.41) is 12.7. The lowest BCUT2D eigenvalue weighted by atomic mass is 10.1. The van der Waals surface area contributed by atoms with E-state index in [0.29, 0.717) is 0 Å². The molecule has 3 N–H and O–H groups in total. The SMILES string of the molecule is CN1C(=O)CCC(NC(=O)NCC(=O)O)C1=O. The number of carboxylic acids is 1. The van der Waals surface area contributed by atoms with Gasteiger partial charge in [0.1, 0.15) is 12.6 Å². The van der Waals surface area contributed by atoms with Crippen molar-refractivity contribution in [2.24, 2.45) is 0 Å². The Morgan fingerprint density at radius 3 is 2.71 bits per heavy atom. The van der Waals surface area contributed by atoms with Crippen molar-refractivity contribution in [2.75, 3.05) is 13.6 Å². The number of carbonyl (C=O) groups is 4. The standard InChI is InChI=1S/C9H13N3O5/c1-12-6(13)3-2-5(8(12)16)11-9(17)10-4-7(14)15/h5H,2-4H2,1H3,(H,14,15)(H2,10,11,17). The molecule has 1 heterocycles. The monoisotopic (exact) mass is 243 g/mol. The largest absolute Gasteiger partial charge is 0.480 e. The van der Waals surface area contributed by atoms with Crippen molar-refractivity contribution >= 4 is 23.8 Å². The summed E-state index contributed by atoms with van der Waals surface area (Å²) < 4.78 is 0. The first-order chi connectivity index (χ1) is 7.91. The summed E-state index contributed by atoms with van der Waals surface area (Å²) in [5.41, 5.74) is 0. The highest BCUT2D eigenvalue weighted by molar-refractivity contribution is 6.01. The maximum atomic E-state index is 11.6. The van der Waals surface area contributed by atoms with E-state index in [1.54, 1.807) is 0 Å². The van der Waals surface area contributed by atoms with Crippen LogP contribution in [0.1, 0.15) is 12.8 Å². The fourth-order valence-corrected chi connectivity index (χ4v) is 1.41. The van der Waals surface area contributed by atoms with Gasteiger partial charge in [-0.1, -0.05) is 0 Å². The quantitative estimate of drug-likeness (QED) is 0.523. The van der Waals surface area contributed by atoms with E-state index >= 15 is 0 Å². The Balaban J connectivity index is 2.46. The molecular formula is C9H13N3O5. The molecule has 17 heavy (non-hydrogen) atoms. The number of amides is 4. The summed E-state index contributed by atoms with van der Waals surface area (Å²) in [6, 6.07) is -1.53. The predicted octanol–water partition coefficient (Wildman–Crippen LogP) is -1.48. The molecular weight excluding hydrogens is 230 g/mol. The van der Waals surface area contributed by atoms with Gasteiger partial charge in [0.05, 0.1) is 0 Å². The van der Waals surface area contributed by atoms with Crippen LogP contribution in [-0.4, -0.2) is 53.5 Å². The van der Waals surface area contributed by atoms with Gasteiger partial charge in [0.15, 0.2) is 0 Å². The van der Waals surface area contributed by atoms with Gasteiger partial charge in [0.2, 0.25) is 5.91 Å². The van der Waals surface area contributed by atoms with Crippen LogP contribution in [0.5, 0.6) is 0 Å². The van der Waals surface area contributed by atoms with Crippen LogP contribution in [-0.2, 0) is 14.4 Å². The van der Waals surface area contributed by atoms with Crippen molar-refractivity contribution in [3.63, 3.8) is 0 Å². The third-order valence-corrected chi connectivity index (χ3v) is 2.36. The van der Waals surface area contributed by atoms with Crippen LogP contribution in [0.4, 0.5) is 4.79 Å². The zero-order valence-corrected chi connectivity index (χ0v) is 9.23. The second-order valence-electron chi connectivity index (χ2n) is 3.60. The zero-order chi connectivity index (χ0) is 13.0. The molecule has 1 rings (SSSR count). The third-order valence-electron chi connectivity index (χ3n) is 2.36. The molecule has 8 nitrogen and oxygen atoms in total. The van der Waals surface area contributed by atoms with E-state index in [-0.39, 0.29) is 18.7 Å². The first-order valence-corrected chi connectivity index (χ1v) is 4.98. The third kappa shape index (κ3) is 3.44. The first-order valence-electron chi connectivity index (χ1n) is 4.98. The molecule has 1 fully saturated rings. The Morgan fingerprint density at radius 2 is 2.12 bits per heavy atom. The van der Waals surface area contributed by atoms with Gasteiger partial charge < -0.3 is 15.7 Å². The Bertz CT molecular complexity index is 368. The molecule has 1 aliphatic heterocycles. The number of likely N-dealkylation sites (tertiary alicyclic amines) is 1. The summed E-state index contributed by atoms with van der Waals surface area (Å²) in [6.07, 6.45) is 0.397. The fourth-order valence-electron chi connectivity index (χ4n) is 1.41. The van der Waals surface area contributed by atoms with Crippen molar-refractivity contribution in [3.05, 3.63) is 0 Å². The highest BCUT2D eigenvalue weighted by atomic mass is 16.4. The molecule has 0 radical (unpaired) electrons. The molecule has 4 amide bonds. The number of carbonyl (C=O) groups excluding carboxylic acids is 3. The van der Waals surface area contributed by atoms with E-state index in [1.807, 2.05) is 0 Å². The molecule has 0 aromatic carbocycles. The number of urea groups is 1. The smallest absolute Gasteiger partial charge is 0.323 e. The highest BCUT2D eigenvalue weighted by Gasteiger charge is 2.32. The van der Waals surface area contributed by atoms with Gasteiger partial charge in [0, 0.05) is 13.5 Å². The average molecular weight is 243 g/mol. The number of carboxylic acid groups (broad SMARTS) is 1. The summed E-state index contributed by atoms with van der Waals surface area (Å²) >= 11 is 0. The maximum Gasteiger partial charge on any atom is 0.323 e. The Hall–Kier alpha value is -2.12. The second-order valence-corrected chi connectivity index (χ2v) is 3.60. The topological polar surface area (TPSA) is 116 Å². The van der Waals surface area contributed by atoms with Crippen LogP contribution in [0.2, 0.25) is 0 Å². The minimum absolute atomic E-state index is 0.173. The van der Waals surface area contributed by atoms with Crippen molar-refractivity contribution in [1.29, 1.82) is 0 Å². The molecule has 8 heteroatoms. The number of hydrogen-bond acceptors (Lipinski definition) is 4. The molecule has 0 aromatic rings. The number of likely N-dealkylation sites (N-methyl/N-ethyl adjacent to an activating group) is 1. The molecule has 1 unspecified atom stereocenters. The van der Waals surface area contributed by atoms with Crippen LogP contribution in [0.25, 0.3) is 0 Å². The van der Waals surface area contributed by atoms with E-state index in [1.165, 1.54) is 7.05 Å². The Labute approximate surface area is 97.0 Å². The van der Waals surface area contributed by atoms with Crippen LogP contribution in [0.3, 0.4) is 0 Å². The van der Waals surface area contributed by atoms with Crippen LogP contribution < -0.4 is 10.6 Å². The van der Waals surface area contributed by atoms with Crippen LogP contribution >= 0.6 is 0 Å².